The predicted molar refractivity (Wildman–Crippen MR) is 73.8 cm³/mol. The lowest BCUT2D eigenvalue weighted by atomic mass is 10.0. The lowest BCUT2D eigenvalue weighted by Gasteiger charge is -2.08. The highest BCUT2D eigenvalue weighted by molar-refractivity contribution is 9.10. The molecule has 19 heavy (non-hydrogen) atoms. The molecule has 4 nitrogen and oxygen atoms in total. The fourth-order valence-electron chi connectivity index (χ4n) is 1.75. The van der Waals surface area contributed by atoms with Crippen molar-refractivity contribution in [3.8, 4) is 11.4 Å². The molecule has 2 aromatic rings. The minimum absolute atomic E-state index is 0.273. The molecule has 0 aliphatic carbocycles. The summed E-state index contributed by atoms with van der Waals surface area (Å²) in [6, 6.07) is 4.29. The smallest absolute Gasteiger partial charge is 0.243 e. The first-order valence-electron chi connectivity index (χ1n) is 6.02. The van der Waals surface area contributed by atoms with Gasteiger partial charge in [0.05, 0.1) is 10.5 Å². The summed E-state index contributed by atoms with van der Waals surface area (Å²) in [5.74, 6) is 0.938. The highest BCUT2D eigenvalue weighted by Crippen LogP contribution is 2.25. The van der Waals surface area contributed by atoms with Crippen LogP contribution < -0.4 is 5.73 Å². The maximum absolute atomic E-state index is 13.2. The number of halogens is 2. The van der Waals surface area contributed by atoms with E-state index in [4.69, 9.17) is 10.3 Å². The fraction of sp³-hybridized carbons (Fsp3) is 0.385. The van der Waals surface area contributed by atoms with Crippen molar-refractivity contribution in [1.29, 1.82) is 0 Å². The number of hydrogen-bond donors (Lipinski definition) is 1. The second-order valence-electron chi connectivity index (χ2n) is 4.82. The van der Waals surface area contributed by atoms with Gasteiger partial charge in [-0.05, 0) is 46.5 Å². The summed E-state index contributed by atoms with van der Waals surface area (Å²) in [5, 5.41) is 3.88. The van der Waals surface area contributed by atoms with Crippen LogP contribution in [0.25, 0.3) is 11.4 Å². The Morgan fingerprint density at radius 2 is 2.16 bits per heavy atom. The number of aromatic nitrogens is 2. The van der Waals surface area contributed by atoms with Gasteiger partial charge in [-0.2, -0.15) is 4.98 Å². The van der Waals surface area contributed by atoms with Crippen LogP contribution in [-0.4, -0.2) is 10.1 Å². The Morgan fingerprint density at radius 1 is 1.42 bits per heavy atom. The minimum atomic E-state index is -0.330. The molecule has 1 unspecified atom stereocenters. The van der Waals surface area contributed by atoms with E-state index in [2.05, 4.69) is 39.9 Å². The summed E-state index contributed by atoms with van der Waals surface area (Å²) in [6.07, 6.45) is 0.773. The second kappa shape index (κ2) is 5.79. The van der Waals surface area contributed by atoms with Crippen LogP contribution in [0.3, 0.4) is 0 Å². The average molecular weight is 328 g/mol. The van der Waals surface area contributed by atoms with Crippen molar-refractivity contribution in [2.75, 3.05) is 0 Å². The summed E-state index contributed by atoms with van der Waals surface area (Å²) >= 11 is 3.13. The Hall–Kier alpha value is -1.27. The SMILES string of the molecule is CC(C)CC(N)c1nc(-c2ccc(F)c(Br)c2)no1. The molecule has 1 aromatic carbocycles. The van der Waals surface area contributed by atoms with Gasteiger partial charge < -0.3 is 10.3 Å². The highest BCUT2D eigenvalue weighted by atomic mass is 79.9. The van der Waals surface area contributed by atoms with Gasteiger partial charge >= 0.3 is 0 Å². The highest BCUT2D eigenvalue weighted by Gasteiger charge is 2.17. The van der Waals surface area contributed by atoms with E-state index < -0.39 is 0 Å². The van der Waals surface area contributed by atoms with Crippen molar-refractivity contribution in [2.45, 2.75) is 26.3 Å². The topological polar surface area (TPSA) is 64.9 Å². The summed E-state index contributed by atoms with van der Waals surface area (Å²) < 4.78 is 18.7. The zero-order chi connectivity index (χ0) is 14.0. The number of benzene rings is 1. The van der Waals surface area contributed by atoms with E-state index >= 15 is 0 Å². The molecule has 0 fully saturated rings. The number of nitrogens with two attached hydrogens (primary N) is 1. The third kappa shape index (κ3) is 3.39. The summed E-state index contributed by atoms with van der Waals surface area (Å²) in [7, 11) is 0. The van der Waals surface area contributed by atoms with E-state index in [9.17, 15) is 4.39 Å². The first-order valence-corrected chi connectivity index (χ1v) is 6.81. The van der Waals surface area contributed by atoms with Gasteiger partial charge in [-0.3, -0.25) is 0 Å². The van der Waals surface area contributed by atoms with E-state index in [1.54, 1.807) is 12.1 Å². The molecule has 1 aromatic heterocycles. The molecule has 0 radical (unpaired) electrons. The second-order valence-corrected chi connectivity index (χ2v) is 5.68. The van der Waals surface area contributed by atoms with Crippen molar-refractivity contribution in [1.82, 2.24) is 10.1 Å². The summed E-state index contributed by atoms with van der Waals surface area (Å²) in [4.78, 5) is 4.26. The van der Waals surface area contributed by atoms with Gasteiger partial charge in [0.1, 0.15) is 5.82 Å². The Labute approximate surface area is 119 Å². The molecular weight excluding hydrogens is 313 g/mol. The van der Waals surface area contributed by atoms with Gasteiger partial charge in [-0.1, -0.05) is 19.0 Å². The Bertz CT molecular complexity index is 571. The van der Waals surface area contributed by atoms with Crippen LogP contribution in [0.5, 0.6) is 0 Å². The zero-order valence-corrected chi connectivity index (χ0v) is 12.3. The quantitative estimate of drug-likeness (QED) is 0.930. The first-order chi connectivity index (χ1) is 8.97. The molecule has 1 atom stereocenters. The molecule has 6 heteroatoms. The minimum Gasteiger partial charge on any atom is -0.337 e. The van der Waals surface area contributed by atoms with Crippen molar-refractivity contribution in [3.63, 3.8) is 0 Å². The molecule has 2 N–H and O–H groups in total. The fourth-order valence-corrected chi connectivity index (χ4v) is 2.13. The van der Waals surface area contributed by atoms with Crippen LogP contribution in [0.1, 0.15) is 32.2 Å². The van der Waals surface area contributed by atoms with E-state index in [1.807, 2.05) is 0 Å². The molecule has 0 bridgehead atoms. The molecule has 0 spiro atoms. The number of hydrogen-bond acceptors (Lipinski definition) is 4. The van der Waals surface area contributed by atoms with Crippen LogP contribution in [-0.2, 0) is 0 Å². The van der Waals surface area contributed by atoms with Gasteiger partial charge in [0.2, 0.25) is 11.7 Å². The van der Waals surface area contributed by atoms with E-state index in [0.717, 1.165) is 6.42 Å². The van der Waals surface area contributed by atoms with Crippen molar-refractivity contribution >= 4 is 15.9 Å². The van der Waals surface area contributed by atoms with E-state index in [0.29, 0.717) is 27.7 Å². The van der Waals surface area contributed by atoms with Crippen LogP contribution in [0.2, 0.25) is 0 Å². The maximum Gasteiger partial charge on any atom is 0.243 e. The molecule has 0 saturated heterocycles. The average Bonchev–Trinajstić information content (AvgIpc) is 2.81. The number of nitrogens with zero attached hydrogens (tertiary/aromatic N) is 2. The van der Waals surface area contributed by atoms with Gasteiger partial charge in [0.25, 0.3) is 0 Å². The zero-order valence-electron chi connectivity index (χ0n) is 10.7. The van der Waals surface area contributed by atoms with Crippen molar-refractivity contribution < 1.29 is 8.91 Å². The van der Waals surface area contributed by atoms with Crippen molar-refractivity contribution in [2.24, 2.45) is 11.7 Å². The van der Waals surface area contributed by atoms with Crippen LogP contribution in [0, 0.1) is 11.7 Å². The molecular formula is C13H15BrFN3O. The third-order valence-corrected chi connectivity index (χ3v) is 3.27. The Balaban J connectivity index is 2.22. The molecule has 0 saturated carbocycles. The molecule has 0 aliphatic heterocycles. The van der Waals surface area contributed by atoms with Gasteiger partial charge in [-0.15, -0.1) is 0 Å². The van der Waals surface area contributed by atoms with Crippen LogP contribution in [0.4, 0.5) is 4.39 Å². The van der Waals surface area contributed by atoms with Gasteiger partial charge in [0.15, 0.2) is 0 Å². The summed E-state index contributed by atoms with van der Waals surface area (Å²) in [6.45, 7) is 4.16. The lowest BCUT2D eigenvalue weighted by Crippen LogP contribution is -2.13. The largest absolute Gasteiger partial charge is 0.337 e. The van der Waals surface area contributed by atoms with Crippen LogP contribution in [0.15, 0.2) is 27.2 Å². The molecule has 2 rings (SSSR count). The lowest BCUT2D eigenvalue weighted by molar-refractivity contribution is 0.335. The first kappa shape index (κ1) is 14.1. The standard InChI is InChI=1S/C13H15BrFN3O/c1-7(2)5-11(16)13-17-12(18-19-13)8-3-4-10(15)9(14)6-8/h3-4,6-7,11H,5,16H2,1-2H3. The van der Waals surface area contributed by atoms with Gasteiger partial charge in [-0.25, -0.2) is 4.39 Å². The monoisotopic (exact) mass is 327 g/mol. The van der Waals surface area contributed by atoms with Gasteiger partial charge in [0, 0.05) is 5.56 Å². The third-order valence-electron chi connectivity index (χ3n) is 2.66. The number of rotatable bonds is 4. The van der Waals surface area contributed by atoms with Crippen molar-refractivity contribution in [3.05, 3.63) is 34.4 Å². The molecule has 0 aliphatic rings. The van der Waals surface area contributed by atoms with Crippen LogP contribution >= 0.6 is 15.9 Å². The molecule has 1 heterocycles. The maximum atomic E-state index is 13.2. The molecule has 102 valence electrons. The van der Waals surface area contributed by atoms with E-state index in [-0.39, 0.29) is 11.9 Å². The molecule has 0 amide bonds. The predicted octanol–water partition coefficient (Wildman–Crippen LogP) is 3.68. The Morgan fingerprint density at radius 3 is 2.79 bits per heavy atom. The normalized spacial score (nSPS) is 12.9. The van der Waals surface area contributed by atoms with E-state index in [1.165, 1.54) is 6.07 Å². The summed E-state index contributed by atoms with van der Waals surface area (Å²) in [5.41, 5.74) is 6.66. The Kier molecular flexibility index (Phi) is 4.31.